The highest BCUT2D eigenvalue weighted by Gasteiger charge is 2.50. The Labute approximate surface area is 166 Å². The van der Waals surface area contributed by atoms with Crippen molar-refractivity contribution in [2.45, 2.75) is 51.2 Å². The number of alkyl halides is 2. The Morgan fingerprint density at radius 3 is 2.76 bits per heavy atom. The topological polar surface area (TPSA) is 78.7 Å². The lowest BCUT2D eigenvalue weighted by Gasteiger charge is -2.56. The van der Waals surface area contributed by atoms with E-state index in [0.29, 0.717) is 19.3 Å². The van der Waals surface area contributed by atoms with Crippen LogP contribution in [0.3, 0.4) is 0 Å². The Morgan fingerprint density at radius 2 is 2.07 bits per heavy atom. The molecule has 4 rings (SSSR count). The van der Waals surface area contributed by atoms with E-state index in [4.69, 9.17) is 0 Å². The Morgan fingerprint density at radius 1 is 1.31 bits per heavy atom. The average molecular weight is 404 g/mol. The lowest BCUT2D eigenvalue weighted by molar-refractivity contribution is 0.0133. The number of nitrogens with zero attached hydrogens (tertiary/aromatic N) is 4. The van der Waals surface area contributed by atoms with E-state index < -0.39 is 41.8 Å². The number of aromatic nitrogens is 2. The molecular formula is C20H22F2N4O3. The van der Waals surface area contributed by atoms with E-state index in [1.807, 2.05) is 32.0 Å². The van der Waals surface area contributed by atoms with E-state index in [9.17, 15) is 23.5 Å². The molecule has 1 N–H and O–H groups in total. The first-order chi connectivity index (χ1) is 13.7. The first-order valence-corrected chi connectivity index (χ1v) is 9.51. The molecule has 29 heavy (non-hydrogen) atoms. The van der Waals surface area contributed by atoms with Crippen LogP contribution in [0.25, 0.3) is 0 Å². The van der Waals surface area contributed by atoms with Crippen molar-refractivity contribution in [1.82, 2.24) is 14.6 Å². The number of fused-ring (bicyclic) bond motifs is 3. The number of pyridine rings is 2. The van der Waals surface area contributed by atoms with Crippen LogP contribution in [0.15, 0.2) is 35.3 Å². The van der Waals surface area contributed by atoms with Crippen LogP contribution in [0.2, 0.25) is 0 Å². The number of amides is 1. The van der Waals surface area contributed by atoms with E-state index >= 15 is 0 Å². The lowest BCUT2D eigenvalue weighted by atomic mass is 9.84. The van der Waals surface area contributed by atoms with Gasteiger partial charge < -0.3 is 10.0 Å². The fourth-order valence-electron chi connectivity index (χ4n) is 4.47. The Kier molecular flexibility index (Phi) is 4.55. The van der Waals surface area contributed by atoms with Gasteiger partial charge in [-0.2, -0.15) is 0 Å². The maximum atomic E-state index is 13.3. The number of hydrogen-bond donors (Lipinski definition) is 1. The van der Waals surface area contributed by atoms with E-state index in [0.717, 1.165) is 16.3 Å². The normalized spacial score (nSPS) is 23.9. The van der Waals surface area contributed by atoms with Crippen molar-refractivity contribution in [3.8, 4) is 5.75 Å². The van der Waals surface area contributed by atoms with Crippen molar-refractivity contribution in [1.29, 1.82) is 0 Å². The summed E-state index contributed by atoms with van der Waals surface area (Å²) in [5, 5.41) is 12.1. The minimum Gasteiger partial charge on any atom is -0.502 e. The molecule has 1 fully saturated rings. The highest BCUT2D eigenvalue weighted by molar-refractivity contribution is 5.96. The maximum Gasteiger partial charge on any atom is 0.278 e. The predicted molar refractivity (Wildman–Crippen MR) is 102 cm³/mol. The Balaban J connectivity index is 1.96. The number of aromatic hydroxyl groups is 1. The molecule has 9 heteroatoms. The van der Waals surface area contributed by atoms with Gasteiger partial charge in [-0.05, 0) is 45.2 Å². The summed E-state index contributed by atoms with van der Waals surface area (Å²) >= 11 is 0. The Bertz CT molecular complexity index is 1030. The summed E-state index contributed by atoms with van der Waals surface area (Å²) < 4.78 is 28.1. The van der Waals surface area contributed by atoms with Gasteiger partial charge in [0.1, 0.15) is 6.17 Å². The average Bonchev–Trinajstić information content (AvgIpc) is 2.67. The van der Waals surface area contributed by atoms with Crippen LogP contribution in [-0.4, -0.2) is 44.7 Å². The number of rotatable bonds is 3. The number of piperidine rings is 1. The summed E-state index contributed by atoms with van der Waals surface area (Å²) in [7, 11) is 0. The zero-order valence-corrected chi connectivity index (χ0v) is 16.2. The van der Waals surface area contributed by atoms with Crippen LogP contribution >= 0.6 is 0 Å². The smallest absolute Gasteiger partial charge is 0.278 e. The van der Waals surface area contributed by atoms with Crippen LogP contribution in [0.1, 0.15) is 48.1 Å². The van der Waals surface area contributed by atoms with Gasteiger partial charge in [0.05, 0.1) is 17.8 Å². The van der Waals surface area contributed by atoms with Crippen LogP contribution in [0, 0.1) is 6.92 Å². The molecule has 0 spiro atoms. The largest absolute Gasteiger partial charge is 0.502 e. The molecule has 154 valence electrons. The molecule has 0 saturated carbocycles. The third kappa shape index (κ3) is 2.95. The molecule has 1 saturated heterocycles. The first-order valence-electron chi connectivity index (χ1n) is 9.51. The molecule has 7 nitrogen and oxygen atoms in total. The summed E-state index contributed by atoms with van der Waals surface area (Å²) in [6.45, 7) is 3.03. The number of hydrogen-bond acceptors (Lipinski definition) is 5. The highest BCUT2D eigenvalue weighted by atomic mass is 19.3. The monoisotopic (exact) mass is 404 g/mol. The van der Waals surface area contributed by atoms with Crippen LogP contribution in [-0.2, 0) is 5.54 Å². The second kappa shape index (κ2) is 6.82. The van der Waals surface area contributed by atoms with Gasteiger partial charge in [0.15, 0.2) is 11.4 Å². The van der Waals surface area contributed by atoms with E-state index in [-0.39, 0.29) is 5.69 Å². The summed E-state index contributed by atoms with van der Waals surface area (Å²) in [5.74, 6) is -1.51. The van der Waals surface area contributed by atoms with Crippen molar-refractivity contribution >= 4 is 5.91 Å². The van der Waals surface area contributed by atoms with Crippen molar-refractivity contribution in [2.75, 3.05) is 11.6 Å². The summed E-state index contributed by atoms with van der Waals surface area (Å²) in [6, 6.07) is 6.78. The van der Waals surface area contributed by atoms with E-state index in [1.54, 1.807) is 5.01 Å². The predicted octanol–water partition coefficient (Wildman–Crippen LogP) is 2.34. The number of carbonyl (C=O) groups excluding carboxylic acids is 1. The summed E-state index contributed by atoms with van der Waals surface area (Å²) in [5.41, 5.74) is -0.210. The van der Waals surface area contributed by atoms with Crippen LogP contribution in [0.4, 0.5) is 8.78 Å². The lowest BCUT2D eigenvalue weighted by Crippen LogP contribution is -2.69. The van der Waals surface area contributed by atoms with Gasteiger partial charge in [0.25, 0.3) is 12.3 Å². The quantitative estimate of drug-likeness (QED) is 0.850. The maximum absolute atomic E-state index is 13.3. The molecule has 0 radical (unpaired) electrons. The zero-order valence-electron chi connectivity index (χ0n) is 16.2. The summed E-state index contributed by atoms with van der Waals surface area (Å²) in [6.07, 6.45) is -0.0968. The van der Waals surface area contributed by atoms with Gasteiger partial charge in [-0.25, -0.2) is 8.78 Å². The molecule has 4 heterocycles. The third-order valence-corrected chi connectivity index (χ3v) is 5.80. The molecule has 0 aliphatic carbocycles. The zero-order chi connectivity index (χ0) is 20.9. The second-order valence-electron chi connectivity index (χ2n) is 7.73. The first kappa shape index (κ1) is 19.4. The van der Waals surface area contributed by atoms with Crippen molar-refractivity contribution < 1.29 is 18.7 Å². The SMILES string of the molecule is Cc1cccc(C2(C)CCCC3N(CC(F)F)C(=O)c4c(O)c(=O)ccn4N32)n1. The van der Waals surface area contributed by atoms with Crippen LogP contribution < -0.4 is 10.4 Å². The molecule has 0 bridgehead atoms. The van der Waals surface area contributed by atoms with Gasteiger partial charge in [-0.1, -0.05) is 6.07 Å². The molecule has 2 aromatic rings. The second-order valence-corrected chi connectivity index (χ2v) is 7.73. The molecule has 0 aromatic carbocycles. The fraction of sp³-hybridized carbons (Fsp3) is 0.450. The van der Waals surface area contributed by atoms with Crippen molar-refractivity contribution in [3.05, 3.63) is 57.8 Å². The van der Waals surface area contributed by atoms with Gasteiger partial charge >= 0.3 is 0 Å². The molecule has 2 atom stereocenters. The van der Waals surface area contributed by atoms with Gasteiger partial charge in [-0.15, -0.1) is 0 Å². The van der Waals surface area contributed by atoms with Crippen LogP contribution in [0.5, 0.6) is 5.75 Å². The fourth-order valence-corrected chi connectivity index (χ4v) is 4.47. The van der Waals surface area contributed by atoms with Gasteiger partial charge in [-0.3, -0.25) is 24.3 Å². The molecular weight excluding hydrogens is 382 g/mol. The third-order valence-electron chi connectivity index (χ3n) is 5.80. The molecule has 2 aliphatic heterocycles. The molecule has 1 amide bonds. The summed E-state index contributed by atoms with van der Waals surface area (Å²) in [4.78, 5) is 30.7. The molecule has 2 aliphatic rings. The van der Waals surface area contributed by atoms with Crippen molar-refractivity contribution in [3.63, 3.8) is 0 Å². The molecule has 2 unspecified atom stereocenters. The number of halogens is 2. The Hall–Kier alpha value is -2.97. The number of aryl methyl sites for hydroxylation is 1. The standard InChI is InChI=1S/C20H22F2N4O3/c1-12-5-3-6-14(23-12)20(2)9-4-7-16-24(11-15(21)22)19(29)17-18(28)13(27)8-10-25(17)26(16)20/h3,5-6,8,10,15-16,28H,4,7,9,11H2,1-2H3. The number of carbonyl (C=O) groups is 1. The minimum absolute atomic E-state index is 0.296. The van der Waals surface area contributed by atoms with Gasteiger partial charge in [0, 0.05) is 18.0 Å². The minimum atomic E-state index is -2.74. The van der Waals surface area contributed by atoms with Crippen molar-refractivity contribution in [2.24, 2.45) is 0 Å². The van der Waals surface area contributed by atoms with E-state index in [1.165, 1.54) is 16.9 Å². The molecule has 2 aromatic heterocycles. The highest BCUT2D eigenvalue weighted by Crippen LogP contribution is 2.42. The van der Waals surface area contributed by atoms with Gasteiger partial charge in [0.2, 0.25) is 5.43 Å². The van der Waals surface area contributed by atoms with E-state index in [2.05, 4.69) is 4.98 Å².